The fourth-order valence-electron chi connectivity index (χ4n) is 2.66. The first-order valence-electron chi connectivity index (χ1n) is 8.64. The highest BCUT2D eigenvalue weighted by molar-refractivity contribution is 5.90. The van der Waals surface area contributed by atoms with E-state index in [1.165, 1.54) is 36.4 Å². The molecular formula is C19H20F2N4O2. The van der Waals surface area contributed by atoms with Gasteiger partial charge in [-0.2, -0.15) is 0 Å². The second-order valence-corrected chi connectivity index (χ2v) is 6.34. The molecule has 0 aromatic heterocycles. The van der Waals surface area contributed by atoms with Crippen molar-refractivity contribution < 1.29 is 18.4 Å². The molecule has 0 bridgehead atoms. The molecule has 0 radical (unpaired) electrons. The summed E-state index contributed by atoms with van der Waals surface area (Å²) in [5, 5.41) is 10.3. The fourth-order valence-corrected chi connectivity index (χ4v) is 2.66. The number of hydrogen-bond acceptors (Lipinski definition) is 2. The van der Waals surface area contributed by atoms with Crippen molar-refractivity contribution >= 4 is 23.4 Å². The number of halogens is 2. The van der Waals surface area contributed by atoms with E-state index in [0.717, 1.165) is 12.8 Å². The minimum atomic E-state index is -0.568. The van der Waals surface area contributed by atoms with Gasteiger partial charge in [-0.3, -0.25) is 0 Å². The van der Waals surface area contributed by atoms with E-state index in [1.54, 1.807) is 12.1 Å². The number of carbonyl (C=O) groups excluding carboxylic acids is 2. The molecule has 1 aliphatic rings. The van der Waals surface area contributed by atoms with Crippen molar-refractivity contribution in [3.8, 4) is 0 Å². The van der Waals surface area contributed by atoms with Crippen LogP contribution in [0, 0.1) is 17.6 Å². The number of carbonyl (C=O) groups is 2. The molecule has 1 saturated carbocycles. The number of amides is 4. The van der Waals surface area contributed by atoms with Gasteiger partial charge in [0, 0.05) is 6.54 Å². The van der Waals surface area contributed by atoms with Gasteiger partial charge in [0.25, 0.3) is 0 Å². The van der Waals surface area contributed by atoms with Crippen molar-refractivity contribution in [3.63, 3.8) is 0 Å². The van der Waals surface area contributed by atoms with Crippen LogP contribution in [0.1, 0.15) is 12.8 Å². The van der Waals surface area contributed by atoms with Crippen molar-refractivity contribution in [2.45, 2.75) is 18.9 Å². The average Bonchev–Trinajstić information content (AvgIpc) is 3.48. The van der Waals surface area contributed by atoms with Gasteiger partial charge in [0.1, 0.15) is 11.6 Å². The van der Waals surface area contributed by atoms with Crippen LogP contribution < -0.4 is 21.3 Å². The Labute approximate surface area is 155 Å². The van der Waals surface area contributed by atoms with Gasteiger partial charge < -0.3 is 21.3 Å². The van der Waals surface area contributed by atoms with E-state index in [2.05, 4.69) is 21.3 Å². The first-order chi connectivity index (χ1) is 13.0. The van der Waals surface area contributed by atoms with E-state index < -0.39 is 23.7 Å². The monoisotopic (exact) mass is 374 g/mol. The molecule has 4 amide bonds. The molecule has 27 heavy (non-hydrogen) atoms. The highest BCUT2D eigenvalue weighted by atomic mass is 19.1. The maximum Gasteiger partial charge on any atom is 0.319 e. The number of benzene rings is 2. The second-order valence-electron chi connectivity index (χ2n) is 6.34. The summed E-state index contributed by atoms with van der Waals surface area (Å²) >= 11 is 0. The van der Waals surface area contributed by atoms with Gasteiger partial charge in [0.15, 0.2) is 0 Å². The third-order valence-electron chi connectivity index (χ3n) is 4.23. The minimum Gasteiger partial charge on any atom is -0.336 e. The third kappa shape index (κ3) is 5.40. The second kappa shape index (κ2) is 8.48. The lowest BCUT2D eigenvalue weighted by Gasteiger charge is -2.19. The molecule has 6 nitrogen and oxygen atoms in total. The van der Waals surface area contributed by atoms with Gasteiger partial charge in [-0.05, 0) is 43.0 Å². The van der Waals surface area contributed by atoms with E-state index in [-0.39, 0.29) is 29.9 Å². The first kappa shape index (κ1) is 18.6. The van der Waals surface area contributed by atoms with Crippen LogP contribution in [-0.2, 0) is 0 Å². The van der Waals surface area contributed by atoms with Crippen LogP contribution in [0.4, 0.5) is 29.7 Å². The first-order valence-corrected chi connectivity index (χ1v) is 8.64. The average molecular weight is 374 g/mol. The Hall–Kier alpha value is -3.16. The number of rotatable bonds is 6. The van der Waals surface area contributed by atoms with Gasteiger partial charge in [0.05, 0.1) is 17.4 Å². The molecule has 142 valence electrons. The van der Waals surface area contributed by atoms with Crippen molar-refractivity contribution in [2.75, 3.05) is 17.2 Å². The zero-order valence-electron chi connectivity index (χ0n) is 14.5. The van der Waals surface area contributed by atoms with Crippen LogP contribution >= 0.6 is 0 Å². The lowest BCUT2D eigenvalue weighted by atomic mass is 10.2. The van der Waals surface area contributed by atoms with E-state index >= 15 is 0 Å². The molecule has 0 spiro atoms. The molecule has 1 aliphatic carbocycles. The summed E-state index contributed by atoms with van der Waals surface area (Å²) in [7, 11) is 0. The number of anilines is 2. The van der Waals surface area contributed by atoms with Gasteiger partial charge in [-0.25, -0.2) is 18.4 Å². The smallest absolute Gasteiger partial charge is 0.319 e. The number of para-hydroxylation sites is 2. The molecular weight excluding hydrogens is 354 g/mol. The molecule has 2 aromatic rings. The SMILES string of the molecule is O=C(NC[C@@H](NC(=O)Nc1ccccc1F)C1CC1)Nc1ccccc1F. The molecule has 0 saturated heterocycles. The summed E-state index contributed by atoms with van der Waals surface area (Å²) in [4.78, 5) is 24.1. The normalized spacial score (nSPS) is 14.1. The van der Waals surface area contributed by atoms with Crippen LogP contribution in [0.5, 0.6) is 0 Å². The Morgan fingerprint density at radius 3 is 1.93 bits per heavy atom. The predicted molar refractivity (Wildman–Crippen MR) is 98.5 cm³/mol. The highest BCUT2D eigenvalue weighted by Crippen LogP contribution is 2.32. The maximum atomic E-state index is 13.6. The molecule has 2 aromatic carbocycles. The van der Waals surface area contributed by atoms with Gasteiger partial charge >= 0.3 is 12.1 Å². The van der Waals surface area contributed by atoms with E-state index in [9.17, 15) is 18.4 Å². The van der Waals surface area contributed by atoms with Gasteiger partial charge in [-0.15, -0.1) is 0 Å². The summed E-state index contributed by atoms with van der Waals surface area (Å²) in [6.45, 7) is 0.176. The fraction of sp³-hybridized carbons (Fsp3) is 0.263. The van der Waals surface area contributed by atoms with E-state index in [0.29, 0.717) is 0 Å². The molecule has 1 atom stereocenters. The molecule has 8 heteroatoms. The molecule has 4 N–H and O–H groups in total. The Kier molecular flexibility index (Phi) is 5.85. The molecule has 1 fully saturated rings. The summed E-state index contributed by atoms with van der Waals surface area (Å²) in [6.07, 6.45) is 1.86. The van der Waals surface area contributed by atoms with Crippen LogP contribution in [0.15, 0.2) is 48.5 Å². The largest absolute Gasteiger partial charge is 0.336 e. The summed E-state index contributed by atoms with van der Waals surface area (Å²) in [5.41, 5.74) is 0.151. The van der Waals surface area contributed by atoms with Gasteiger partial charge in [-0.1, -0.05) is 24.3 Å². The Morgan fingerprint density at radius 1 is 0.889 bits per heavy atom. The summed E-state index contributed by atoms with van der Waals surface area (Å²) in [5.74, 6) is -0.822. The standard InChI is InChI=1S/C19H20F2N4O2/c20-13-5-1-3-7-15(13)23-18(26)22-11-17(12-9-10-12)25-19(27)24-16-8-4-2-6-14(16)21/h1-8,12,17H,9-11H2,(H2,22,23,26)(H2,24,25,27)/t17-/m1/s1. The summed E-state index contributed by atoms with van der Waals surface area (Å²) < 4.78 is 27.2. The Morgan fingerprint density at radius 2 is 1.41 bits per heavy atom. The lowest BCUT2D eigenvalue weighted by Crippen LogP contribution is -2.47. The quantitative estimate of drug-likeness (QED) is 0.622. The Balaban J connectivity index is 1.50. The number of urea groups is 2. The third-order valence-corrected chi connectivity index (χ3v) is 4.23. The zero-order valence-corrected chi connectivity index (χ0v) is 14.5. The molecule has 0 heterocycles. The van der Waals surface area contributed by atoms with E-state index in [4.69, 9.17) is 0 Å². The number of nitrogens with one attached hydrogen (secondary N) is 4. The van der Waals surface area contributed by atoms with Crippen LogP contribution in [0.2, 0.25) is 0 Å². The predicted octanol–water partition coefficient (Wildman–Crippen LogP) is 3.69. The summed E-state index contributed by atoms with van der Waals surface area (Å²) in [6, 6.07) is 10.3. The molecule has 0 unspecified atom stereocenters. The topological polar surface area (TPSA) is 82.3 Å². The van der Waals surface area contributed by atoms with Crippen molar-refractivity contribution in [3.05, 3.63) is 60.2 Å². The van der Waals surface area contributed by atoms with Gasteiger partial charge in [0.2, 0.25) is 0 Å². The van der Waals surface area contributed by atoms with Crippen LogP contribution in [-0.4, -0.2) is 24.6 Å². The van der Waals surface area contributed by atoms with Crippen molar-refractivity contribution in [1.82, 2.24) is 10.6 Å². The van der Waals surface area contributed by atoms with Crippen LogP contribution in [0.25, 0.3) is 0 Å². The lowest BCUT2D eigenvalue weighted by molar-refractivity contribution is 0.242. The number of hydrogen-bond donors (Lipinski definition) is 4. The maximum absolute atomic E-state index is 13.6. The molecule has 0 aliphatic heterocycles. The minimum absolute atomic E-state index is 0.0724. The molecule has 3 rings (SSSR count). The van der Waals surface area contributed by atoms with E-state index in [1.807, 2.05) is 0 Å². The Bertz CT molecular complexity index is 827. The zero-order chi connectivity index (χ0) is 19.2. The highest BCUT2D eigenvalue weighted by Gasteiger charge is 2.32. The van der Waals surface area contributed by atoms with Crippen molar-refractivity contribution in [2.24, 2.45) is 5.92 Å². The van der Waals surface area contributed by atoms with Crippen molar-refractivity contribution in [1.29, 1.82) is 0 Å². The van der Waals surface area contributed by atoms with Crippen LogP contribution in [0.3, 0.4) is 0 Å².